The van der Waals surface area contributed by atoms with Crippen molar-refractivity contribution in [3.63, 3.8) is 0 Å². The number of fused-ring (bicyclic) bond motifs is 1. The van der Waals surface area contributed by atoms with Crippen molar-refractivity contribution in [2.45, 2.75) is 45.1 Å². The number of nitrogens with zero attached hydrogens (tertiary/aromatic N) is 5. The van der Waals surface area contributed by atoms with Gasteiger partial charge in [0, 0.05) is 62.8 Å². The largest absolute Gasteiger partial charge is 0.494 e. The van der Waals surface area contributed by atoms with Gasteiger partial charge in [-0.25, -0.2) is 14.8 Å². The molecular formula is C31H42N6O3. The van der Waals surface area contributed by atoms with Gasteiger partial charge in [0.05, 0.1) is 23.9 Å². The molecule has 0 aliphatic carbocycles. The topological polar surface area (TPSA) is 83.1 Å². The van der Waals surface area contributed by atoms with E-state index < -0.39 is 0 Å². The second-order valence-electron chi connectivity index (χ2n) is 11.2. The minimum Gasteiger partial charge on any atom is -0.494 e. The molecule has 9 nitrogen and oxygen atoms in total. The summed E-state index contributed by atoms with van der Waals surface area (Å²) in [5.41, 5.74) is 2.75. The second kappa shape index (κ2) is 13.3. The van der Waals surface area contributed by atoms with Crippen molar-refractivity contribution in [1.29, 1.82) is 0 Å². The molecule has 40 heavy (non-hydrogen) atoms. The van der Waals surface area contributed by atoms with Gasteiger partial charge in [0.15, 0.2) is 0 Å². The zero-order valence-corrected chi connectivity index (χ0v) is 24.0. The van der Waals surface area contributed by atoms with Gasteiger partial charge in [0.1, 0.15) is 17.8 Å². The summed E-state index contributed by atoms with van der Waals surface area (Å²) in [4.78, 5) is 28.9. The van der Waals surface area contributed by atoms with Gasteiger partial charge in [-0.15, -0.1) is 0 Å². The van der Waals surface area contributed by atoms with Crippen molar-refractivity contribution < 1.29 is 14.3 Å². The minimum atomic E-state index is -0.0733. The van der Waals surface area contributed by atoms with Crippen molar-refractivity contribution in [2.75, 3.05) is 64.8 Å². The molecule has 0 unspecified atom stereocenters. The number of rotatable bonds is 9. The summed E-state index contributed by atoms with van der Waals surface area (Å²) in [6, 6.07) is 13.6. The Balaban J connectivity index is 1.13. The van der Waals surface area contributed by atoms with E-state index in [0.29, 0.717) is 19.7 Å². The molecule has 5 rings (SSSR count). The molecule has 1 aromatic heterocycles. The van der Waals surface area contributed by atoms with Crippen LogP contribution in [-0.4, -0.2) is 96.3 Å². The molecular weight excluding hydrogens is 504 g/mol. The Morgan fingerprint density at radius 2 is 1.70 bits per heavy atom. The van der Waals surface area contributed by atoms with E-state index >= 15 is 0 Å². The average Bonchev–Trinajstić information content (AvgIpc) is 2.97. The Labute approximate surface area is 237 Å². The number of amides is 2. The standard InChI is InChI=1S/C31H42N6O3/c1-23(2)40-26-7-5-25(6-8-26)34-31(38)37-14-11-24(12-15-37)30-28-21-27(9-10-29(28)32-22-33-30)39-20-4-13-36-18-16-35(3)17-19-36/h5-10,21-24H,4,11-20H2,1-3H3,(H,34,38). The highest BCUT2D eigenvalue weighted by Gasteiger charge is 2.26. The normalized spacial score (nSPS) is 17.4. The number of nitrogens with one attached hydrogen (secondary N) is 1. The highest BCUT2D eigenvalue weighted by Crippen LogP contribution is 2.33. The first-order valence-corrected chi connectivity index (χ1v) is 14.6. The third-order valence-electron chi connectivity index (χ3n) is 7.77. The van der Waals surface area contributed by atoms with Gasteiger partial charge in [-0.2, -0.15) is 0 Å². The number of hydrogen-bond acceptors (Lipinski definition) is 7. The first kappa shape index (κ1) is 28.1. The van der Waals surface area contributed by atoms with Crippen molar-refractivity contribution >= 4 is 22.6 Å². The number of piperidine rings is 1. The van der Waals surface area contributed by atoms with Gasteiger partial charge in [-0.05, 0) is 82.6 Å². The molecule has 2 aromatic carbocycles. The van der Waals surface area contributed by atoms with E-state index in [-0.39, 0.29) is 18.1 Å². The number of benzene rings is 2. The number of carbonyl (C=O) groups excluding carboxylic acids is 1. The summed E-state index contributed by atoms with van der Waals surface area (Å²) in [5.74, 6) is 1.93. The summed E-state index contributed by atoms with van der Waals surface area (Å²) in [6.45, 7) is 11.7. The van der Waals surface area contributed by atoms with Crippen LogP contribution < -0.4 is 14.8 Å². The number of anilines is 1. The summed E-state index contributed by atoms with van der Waals surface area (Å²) < 4.78 is 11.8. The van der Waals surface area contributed by atoms with Crippen molar-refractivity contribution in [3.8, 4) is 11.5 Å². The Kier molecular flexibility index (Phi) is 9.34. The van der Waals surface area contributed by atoms with E-state index in [9.17, 15) is 4.79 Å². The van der Waals surface area contributed by atoms with Crippen LogP contribution in [0.2, 0.25) is 0 Å². The zero-order chi connectivity index (χ0) is 27.9. The predicted molar refractivity (Wildman–Crippen MR) is 158 cm³/mol. The van der Waals surface area contributed by atoms with Crippen LogP contribution in [0.25, 0.3) is 10.9 Å². The lowest BCUT2D eigenvalue weighted by molar-refractivity contribution is 0.145. The number of aromatic nitrogens is 2. The maximum Gasteiger partial charge on any atom is 0.321 e. The van der Waals surface area contributed by atoms with Gasteiger partial charge in [0.25, 0.3) is 0 Å². The average molecular weight is 547 g/mol. The van der Waals surface area contributed by atoms with Crippen LogP contribution in [0.1, 0.15) is 44.7 Å². The Morgan fingerprint density at radius 3 is 2.42 bits per heavy atom. The summed E-state index contributed by atoms with van der Waals surface area (Å²) in [5, 5.41) is 4.06. The summed E-state index contributed by atoms with van der Waals surface area (Å²) in [7, 11) is 2.18. The highest BCUT2D eigenvalue weighted by molar-refractivity contribution is 5.89. The Morgan fingerprint density at radius 1 is 0.975 bits per heavy atom. The SMILES string of the molecule is CC(C)Oc1ccc(NC(=O)N2CCC(c3ncnc4ccc(OCCCN5CCN(C)CC5)cc34)CC2)cc1. The first-order chi connectivity index (χ1) is 19.4. The van der Waals surface area contributed by atoms with Gasteiger partial charge in [-0.3, -0.25) is 0 Å². The number of urea groups is 1. The lowest BCUT2D eigenvalue weighted by Crippen LogP contribution is -2.44. The van der Waals surface area contributed by atoms with Crippen LogP contribution in [0.5, 0.6) is 11.5 Å². The fourth-order valence-electron chi connectivity index (χ4n) is 5.47. The molecule has 1 N–H and O–H groups in total. The molecule has 2 aliphatic rings. The van der Waals surface area contributed by atoms with E-state index in [1.807, 2.05) is 55.1 Å². The number of carbonyl (C=O) groups is 1. The molecule has 214 valence electrons. The van der Waals surface area contributed by atoms with Crippen molar-refractivity contribution in [2.24, 2.45) is 0 Å². The lowest BCUT2D eigenvalue weighted by atomic mass is 9.91. The number of piperazine rings is 1. The minimum absolute atomic E-state index is 0.0733. The van der Waals surface area contributed by atoms with Crippen LogP contribution in [0.4, 0.5) is 10.5 Å². The van der Waals surface area contributed by atoms with E-state index in [2.05, 4.69) is 33.2 Å². The number of likely N-dealkylation sites (tertiary alicyclic amines) is 1. The molecule has 0 saturated carbocycles. The van der Waals surface area contributed by atoms with Crippen LogP contribution in [0.3, 0.4) is 0 Å². The van der Waals surface area contributed by atoms with Gasteiger partial charge >= 0.3 is 6.03 Å². The zero-order valence-electron chi connectivity index (χ0n) is 24.0. The quantitative estimate of drug-likeness (QED) is 0.385. The molecule has 2 amide bonds. The monoisotopic (exact) mass is 546 g/mol. The summed E-state index contributed by atoms with van der Waals surface area (Å²) in [6.07, 6.45) is 4.49. The third-order valence-corrected chi connectivity index (χ3v) is 7.77. The molecule has 3 heterocycles. The highest BCUT2D eigenvalue weighted by atomic mass is 16.5. The Hall–Kier alpha value is -3.43. The molecule has 0 radical (unpaired) electrons. The summed E-state index contributed by atoms with van der Waals surface area (Å²) >= 11 is 0. The second-order valence-corrected chi connectivity index (χ2v) is 11.2. The van der Waals surface area contributed by atoms with Gasteiger partial charge in [-0.1, -0.05) is 0 Å². The van der Waals surface area contributed by atoms with E-state index in [4.69, 9.17) is 14.5 Å². The maximum atomic E-state index is 12.9. The molecule has 3 aromatic rings. The van der Waals surface area contributed by atoms with E-state index in [0.717, 1.165) is 85.8 Å². The third kappa shape index (κ3) is 7.40. The van der Waals surface area contributed by atoms with Gasteiger partial charge in [0.2, 0.25) is 0 Å². The fourth-order valence-corrected chi connectivity index (χ4v) is 5.47. The predicted octanol–water partition coefficient (Wildman–Crippen LogP) is 4.84. The van der Waals surface area contributed by atoms with Crippen LogP contribution >= 0.6 is 0 Å². The van der Waals surface area contributed by atoms with Crippen molar-refractivity contribution in [3.05, 3.63) is 54.5 Å². The van der Waals surface area contributed by atoms with Gasteiger partial charge < -0.3 is 29.5 Å². The van der Waals surface area contributed by atoms with Crippen molar-refractivity contribution in [1.82, 2.24) is 24.7 Å². The fraction of sp³-hybridized carbons (Fsp3) is 0.516. The molecule has 2 fully saturated rings. The molecule has 0 bridgehead atoms. The number of likely N-dealkylation sites (N-methyl/N-ethyl adjacent to an activating group) is 1. The molecule has 2 aliphatic heterocycles. The molecule has 9 heteroatoms. The maximum absolute atomic E-state index is 12.9. The van der Waals surface area contributed by atoms with E-state index in [1.54, 1.807) is 6.33 Å². The van der Waals surface area contributed by atoms with Crippen LogP contribution in [0.15, 0.2) is 48.8 Å². The number of hydrogen-bond donors (Lipinski definition) is 1. The Bertz CT molecular complexity index is 1250. The molecule has 0 atom stereocenters. The van der Waals surface area contributed by atoms with Crippen LogP contribution in [-0.2, 0) is 0 Å². The smallest absolute Gasteiger partial charge is 0.321 e. The molecule has 0 spiro atoms. The molecule has 2 saturated heterocycles. The number of ether oxygens (including phenoxy) is 2. The lowest BCUT2D eigenvalue weighted by Gasteiger charge is -2.32. The first-order valence-electron chi connectivity index (χ1n) is 14.6. The van der Waals surface area contributed by atoms with E-state index in [1.165, 1.54) is 0 Å². The van der Waals surface area contributed by atoms with Crippen LogP contribution in [0, 0.1) is 0 Å².